The minimum absolute atomic E-state index is 0.0541. The Bertz CT molecular complexity index is 978. The summed E-state index contributed by atoms with van der Waals surface area (Å²) in [6.45, 7) is 1.15. The molecule has 1 aliphatic heterocycles. The van der Waals surface area contributed by atoms with Gasteiger partial charge in [0.1, 0.15) is 11.6 Å². The lowest BCUT2D eigenvalue weighted by atomic mass is 9.99. The number of fused-ring (bicyclic) bond motifs is 1. The molecule has 9 heteroatoms. The van der Waals surface area contributed by atoms with Gasteiger partial charge in [-0.05, 0) is 41.8 Å². The third-order valence-corrected chi connectivity index (χ3v) is 4.27. The molecule has 0 amide bonds. The standard InChI is InChI=1S/C17H14F3N5O/c18-17(19,20)16-22-21-14-5-6-15(23-25(14)16)24-9-7-12(8-10-24)11-1-3-13(26)4-2-11/h1-7,26H,8-10H2. The maximum Gasteiger partial charge on any atom is 0.453 e. The Morgan fingerprint density at radius 2 is 1.77 bits per heavy atom. The van der Waals surface area contributed by atoms with Gasteiger partial charge in [-0.15, -0.1) is 15.3 Å². The molecule has 1 aliphatic rings. The second kappa shape index (κ2) is 6.01. The van der Waals surface area contributed by atoms with E-state index in [-0.39, 0.29) is 11.4 Å². The number of alkyl halides is 3. The highest BCUT2D eigenvalue weighted by atomic mass is 19.4. The normalized spacial score (nSPS) is 15.3. The Kier molecular flexibility index (Phi) is 3.78. The highest BCUT2D eigenvalue weighted by Gasteiger charge is 2.37. The number of rotatable bonds is 2. The fourth-order valence-corrected chi connectivity index (χ4v) is 2.94. The van der Waals surface area contributed by atoms with Gasteiger partial charge in [0.2, 0.25) is 0 Å². The molecule has 0 saturated carbocycles. The van der Waals surface area contributed by atoms with Crippen molar-refractivity contribution in [1.82, 2.24) is 19.8 Å². The number of aromatic nitrogens is 4. The largest absolute Gasteiger partial charge is 0.508 e. The molecule has 0 unspecified atom stereocenters. The van der Waals surface area contributed by atoms with Gasteiger partial charge in [0.15, 0.2) is 5.65 Å². The maximum absolute atomic E-state index is 13.0. The van der Waals surface area contributed by atoms with E-state index >= 15 is 0 Å². The summed E-state index contributed by atoms with van der Waals surface area (Å²) in [7, 11) is 0. The minimum Gasteiger partial charge on any atom is -0.508 e. The van der Waals surface area contributed by atoms with Crippen LogP contribution in [0, 0.1) is 0 Å². The Morgan fingerprint density at radius 1 is 1.00 bits per heavy atom. The number of hydrogen-bond donors (Lipinski definition) is 1. The smallest absolute Gasteiger partial charge is 0.453 e. The first-order valence-corrected chi connectivity index (χ1v) is 7.95. The first-order chi connectivity index (χ1) is 12.4. The van der Waals surface area contributed by atoms with E-state index in [4.69, 9.17) is 0 Å². The first-order valence-electron chi connectivity index (χ1n) is 7.95. The summed E-state index contributed by atoms with van der Waals surface area (Å²) < 4.78 is 39.7. The van der Waals surface area contributed by atoms with Crippen LogP contribution in [0.1, 0.15) is 17.8 Å². The van der Waals surface area contributed by atoms with Crippen LogP contribution in [-0.4, -0.2) is 38.0 Å². The predicted octanol–water partition coefficient (Wildman–Crippen LogP) is 3.14. The molecule has 6 nitrogen and oxygen atoms in total. The zero-order valence-corrected chi connectivity index (χ0v) is 13.5. The number of aromatic hydroxyl groups is 1. The molecule has 0 aliphatic carbocycles. The molecule has 134 valence electrons. The van der Waals surface area contributed by atoms with Crippen molar-refractivity contribution in [1.29, 1.82) is 0 Å². The van der Waals surface area contributed by atoms with Crippen LogP contribution in [0.2, 0.25) is 0 Å². The summed E-state index contributed by atoms with van der Waals surface area (Å²) in [5, 5.41) is 20.1. The van der Waals surface area contributed by atoms with Crippen LogP contribution in [0.15, 0.2) is 42.5 Å². The number of nitrogens with zero attached hydrogens (tertiary/aromatic N) is 5. The molecule has 3 heterocycles. The molecule has 0 spiro atoms. The van der Waals surface area contributed by atoms with Gasteiger partial charge in [-0.1, -0.05) is 18.2 Å². The van der Waals surface area contributed by atoms with Crippen molar-refractivity contribution in [2.75, 3.05) is 18.0 Å². The number of halogens is 3. The van der Waals surface area contributed by atoms with Crippen LogP contribution in [0.25, 0.3) is 11.2 Å². The lowest BCUT2D eigenvalue weighted by Gasteiger charge is -2.27. The topological polar surface area (TPSA) is 66.5 Å². The van der Waals surface area contributed by atoms with Gasteiger partial charge in [0.05, 0.1) is 0 Å². The molecule has 0 atom stereocenters. The minimum atomic E-state index is -4.61. The van der Waals surface area contributed by atoms with Crippen molar-refractivity contribution in [3.63, 3.8) is 0 Å². The lowest BCUT2D eigenvalue weighted by molar-refractivity contribution is -0.146. The Balaban J connectivity index is 1.60. The Hall–Kier alpha value is -3.10. The van der Waals surface area contributed by atoms with Crippen molar-refractivity contribution in [2.45, 2.75) is 12.6 Å². The summed E-state index contributed by atoms with van der Waals surface area (Å²) in [6.07, 6.45) is -1.88. The van der Waals surface area contributed by atoms with Crippen LogP contribution >= 0.6 is 0 Å². The summed E-state index contributed by atoms with van der Waals surface area (Å²) in [5.41, 5.74) is 2.20. The summed E-state index contributed by atoms with van der Waals surface area (Å²) >= 11 is 0. The Morgan fingerprint density at radius 3 is 2.42 bits per heavy atom. The summed E-state index contributed by atoms with van der Waals surface area (Å²) in [6, 6.07) is 10.1. The highest BCUT2D eigenvalue weighted by Crippen LogP contribution is 2.29. The zero-order chi connectivity index (χ0) is 18.3. The van der Waals surface area contributed by atoms with Crippen molar-refractivity contribution in [3.8, 4) is 5.75 Å². The van der Waals surface area contributed by atoms with Crippen LogP contribution in [0.3, 0.4) is 0 Å². The van der Waals surface area contributed by atoms with E-state index in [0.29, 0.717) is 18.9 Å². The molecular weight excluding hydrogens is 347 g/mol. The Labute approximate surface area is 146 Å². The number of benzene rings is 1. The maximum atomic E-state index is 13.0. The SMILES string of the molecule is Oc1ccc(C2=CCN(c3ccc4nnc(C(F)(F)F)n4n3)CC2)cc1. The lowest BCUT2D eigenvalue weighted by Crippen LogP contribution is -2.29. The molecule has 26 heavy (non-hydrogen) atoms. The molecule has 0 bridgehead atoms. The van der Waals surface area contributed by atoms with Gasteiger partial charge in [0.25, 0.3) is 5.82 Å². The van der Waals surface area contributed by atoms with Crippen molar-refractivity contribution in [2.24, 2.45) is 0 Å². The molecule has 1 N–H and O–H groups in total. The van der Waals surface area contributed by atoms with E-state index in [1.165, 1.54) is 6.07 Å². The first kappa shape index (κ1) is 16.4. The van der Waals surface area contributed by atoms with Crippen molar-refractivity contribution < 1.29 is 18.3 Å². The highest BCUT2D eigenvalue weighted by molar-refractivity contribution is 5.68. The van der Waals surface area contributed by atoms with Crippen LogP contribution < -0.4 is 4.90 Å². The van der Waals surface area contributed by atoms with Crippen LogP contribution in [0.5, 0.6) is 5.75 Å². The number of anilines is 1. The summed E-state index contributed by atoms with van der Waals surface area (Å²) in [5.74, 6) is -0.491. The third-order valence-electron chi connectivity index (χ3n) is 4.27. The number of hydrogen-bond acceptors (Lipinski definition) is 5. The van der Waals surface area contributed by atoms with Crippen molar-refractivity contribution in [3.05, 3.63) is 53.9 Å². The average Bonchev–Trinajstić information content (AvgIpc) is 3.06. The third kappa shape index (κ3) is 2.96. The quantitative estimate of drug-likeness (QED) is 0.760. The van der Waals surface area contributed by atoms with E-state index in [1.807, 2.05) is 23.1 Å². The molecular formula is C17H14F3N5O. The monoisotopic (exact) mass is 361 g/mol. The zero-order valence-electron chi connectivity index (χ0n) is 13.5. The fourth-order valence-electron chi connectivity index (χ4n) is 2.94. The molecule has 1 aromatic carbocycles. The van der Waals surface area contributed by atoms with Gasteiger partial charge in [-0.3, -0.25) is 0 Å². The van der Waals surface area contributed by atoms with Gasteiger partial charge in [-0.25, -0.2) is 0 Å². The summed E-state index contributed by atoms with van der Waals surface area (Å²) in [4.78, 5) is 1.89. The van der Waals surface area contributed by atoms with Crippen LogP contribution in [-0.2, 0) is 6.18 Å². The molecule has 0 fully saturated rings. The predicted molar refractivity (Wildman–Crippen MR) is 88.7 cm³/mol. The molecule has 0 saturated heterocycles. The molecule has 3 aromatic rings. The second-order valence-corrected chi connectivity index (χ2v) is 5.96. The van der Waals surface area contributed by atoms with Gasteiger partial charge >= 0.3 is 6.18 Å². The van der Waals surface area contributed by atoms with Crippen molar-refractivity contribution >= 4 is 17.0 Å². The fraction of sp³-hybridized carbons (Fsp3) is 0.235. The van der Waals surface area contributed by atoms with E-state index in [2.05, 4.69) is 15.3 Å². The van der Waals surface area contributed by atoms with Gasteiger partial charge < -0.3 is 10.0 Å². The van der Waals surface area contributed by atoms with E-state index in [1.54, 1.807) is 18.2 Å². The average molecular weight is 361 g/mol. The van der Waals surface area contributed by atoms with Crippen LogP contribution in [0.4, 0.5) is 19.0 Å². The molecule has 2 aromatic heterocycles. The second-order valence-electron chi connectivity index (χ2n) is 5.96. The van der Waals surface area contributed by atoms with E-state index < -0.39 is 12.0 Å². The molecule has 4 rings (SSSR count). The number of phenolic OH excluding ortho intramolecular Hbond substituents is 1. The van der Waals surface area contributed by atoms with E-state index in [9.17, 15) is 18.3 Å². The van der Waals surface area contributed by atoms with E-state index in [0.717, 1.165) is 22.1 Å². The van der Waals surface area contributed by atoms with Gasteiger partial charge in [-0.2, -0.15) is 17.7 Å². The number of phenols is 1. The molecule has 0 radical (unpaired) electrons. The van der Waals surface area contributed by atoms with Gasteiger partial charge in [0, 0.05) is 13.1 Å².